The average Bonchev–Trinajstić information content (AvgIpc) is 2.93. The number of benzene rings is 1. The fraction of sp³-hybridized carbons (Fsp3) is 0.200. The predicted octanol–water partition coefficient (Wildman–Crippen LogP) is 2.41. The van der Waals surface area contributed by atoms with Crippen molar-refractivity contribution >= 4 is 17.8 Å². The molecule has 1 aromatic carbocycles. The van der Waals surface area contributed by atoms with Crippen LogP contribution < -0.4 is 10.2 Å². The molecule has 1 atom stereocenters. The Labute approximate surface area is 131 Å². The van der Waals surface area contributed by atoms with Crippen molar-refractivity contribution in [2.24, 2.45) is 5.10 Å². The van der Waals surface area contributed by atoms with Gasteiger partial charge in [0, 0.05) is 6.07 Å². The molecule has 0 fully saturated rings. The normalized spacial score (nSPS) is 12.1. The van der Waals surface area contributed by atoms with Crippen molar-refractivity contribution in [1.29, 1.82) is 0 Å². The molecule has 0 saturated carbocycles. The molecular weight excluding hydrogens is 302 g/mol. The summed E-state index contributed by atoms with van der Waals surface area (Å²) < 4.78 is 10.6. The highest BCUT2D eigenvalue weighted by Gasteiger charge is 2.20. The number of hydrazone groups is 1. The van der Waals surface area contributed by atoms with E-state index in [4.69, 9.17) is 9.15 Å². The Morgan fingerprint density at radius 1 is 1.39 bits per heavy atom. The molecule has 2 aromatic rings. The third-order valence-electron chi connectivity index (χ3n) is 2.86. The zero-order valence-corrected chi connectivity index (χ0v) is 12.6. The third kappa shape index (κ3) is 4.40. The van der Waals surface area contributed by atoms with E-state index in [1.807, 2.05) is 0 Å². The van der Waals surface area contributed by atoms with Crippen LogP contribution in [0.15, 0.2) is 45.9 Å². The molecule has 8 heteroatoms. The zero-order valence-electron chi connectivity index (χ0n) is 12.6. The lowest BCUT2D eigenvalue weighted by Gasteiger charge is -2.12. The lowest BCUT2D eigenvalue weighted by molar-refractivity contribution is -0.386. The molecule has 0 spiro atoms. The number of nitrogens with zero attached hydrogens (tertiary/aromatic N) is 2. The number of nitrogens with one attached hydrogen (secondary N) is 1. The van der Waals surface area contributed by atoms with Gasteiger partial charge in [-0.05, 0) is 32.0 Å². The molecule has 0 unspecified atom stereocenters. The predicted molar refractivity (Wildman–Crippen MR) is 82.4 cm³/mol. The number of carbonyl (C=O) groups excluding carboxylic acids is 1. The maximum Gasteiger partial charge on any atom is 0.310 e. The Bertz CT molecular complexity index is 738. The number of aryl methyl sites for hydroxylation is 1. The van der Waals surface area contributed by atoms with Crippen LogP contribution in [0.4, 0.5) is 5.69 Å². The van der Waals surface area contributed by atoms with Crippen LogP contribution in [-0.2, 0) is 4.79 Å². The number of nitro groups is 1. The molecule has 8 nitrogen and oxygen atoms in total. The highest BCUT2D eigenvalue weighted by molar-refractivity contribution is 5.83. The minimum Gasteiger partial charge on any atom is -0.474 e. The van der Waals surface area contributed by atoms with Gasteiger partial charge in [0.15, 0.2) is 11.9 Å². The van der Waals surface area contributed by atoms with Gasteiger partial charge in [0.25, 0.3) is 5.91 Å². The molecular formula is C15H15N3O5. The van der Waals surface area contributed by atoms with Gasteiger partial charge in [-0.1, -0.05) is 12.1 Å². The van der Waals surface area contributed by atoms with Crippen molar-refractivity contribution in [3.63, 3.8) is 0 Å². The Morgan fingerprint density at radius 3 is 2.78 bits per heavy atom. The summed E-state index contributed by atoms with van der Waals surface area (Å²) in [4.78, 5) is 22.2. The van der Waals surface area contributed by atoms with E-state index >= 15 is 0 Å². The van der Waals surface area contributed by atoms with Gasteiger partial charge >= 0.3 is 5.69 Å². The van der Waals surface area contributed by atoms with Crippen LogP contribution in [0.25, 0.3) is 0 Å². The smallest absolute Gasteiger partial charge is 0.310 e. The summed E-state index contributed by atoms with van der Waals surface area (Å²) in [6, 6.07) is 9.31. The van der Waals surface area contributed by atoms with E-state index in [-0.39, 0.29) is 11.4 Å². The van der Waals surface area contributed by atoms with Crippen molar-refractivity contribution < 1.29 is 18.9 Å². The second-order valence-electron chi connectivity index (χ2n) is 4.67. The first-order chi connectivity index (χ1) is 11.0. The van der Waals surface area contributed by atoms with E-state index in [0.717, 1.165) is 5.76 Å². The number of para-hydroxylation sites is 2. The van der Waals surface area contributed by atoms with Gasteiger partial charge in [-0.15, -0.1) is 0 Å². The molecule has 2 rings (SSSR count). The number of ether oxygens (including phenoxy) is 1. The third-order valence-corrected chi connectivity index (χ3v) is 2.86. The summed E-state index contributed by atoms with van der Waals surface area (Å²) in [7, 11) is 0. The Hall–Kier alpha value is -3.16. The average molecular weight is 317 g/mol. The minimum absolute atomic E-state index is 0.0192. The van der Waals surface area contributed by atoms with Gasteiger partial charge in [-0.25, -0.2) is 5.43 Å². The molecule has 0 saturated heterocycles. The Kier molecular flexibility index (Phi) is 5.08. The van der Waals surface area contributed by atoms with Crippen LogP contribution >= 0.6 is 0 Å². The van der Waals surface area contributed by atoms with Crippen molar-refractivity contribution in [3.05, 3.63) is 58.0 Å². The zero-order chi connectivity index (χ0) is 16.8. The standard InChI is InChI=1S/C15H15N3O5/c1-10-7-8-12(22-10)9-16-17-15(19)11(2)23-14-6-4-3-5-13(14)18(20)21/h3-9,11H,1-2H3,(H,17,19)/b16-9-/t11-/m1/s1. The van der Waals surface area contributed by atoms with E-state index in [9.17, 15) is 14.9 Å². The quantitative estimate of drug-likeness (QED) is 0.500. The molecule has 0 aliphatic heterocycles. The van der Waals surface area contributed by atoms with Crippen LogP contribution in [0.3, 0.4) is 0 Å². The Morgan fingerprint density at radius 2 is 2.13 bits per heavy atom. The summed E-state index contributed by atoms with van der Waals surface area (Å²) in [5.41, 5.74) is 2.08. The van der Waals surface area contributed by atoms with E-state index < -0.39 is 16.9 Å². The van der Waals surface area contributed by atoms with Gasteiger partial charge in [-0.2, -0.15) is 5.10 Å². The SMILES string of the molecule is Cc1ccc(/C=N\NC(=O)[C@@H](C)Oc2ccccc2[N+](=O)[O-])o1. The summed E-state index contributed by atoms with van der Waals surface area (Å²) in [6.07, 6.45) is 0.398. The maximum atomic E-state index is 11.9. The second-order valence-corrected chi connectivity index (χ2v) is 4.67. The molecule has 1 aromatic heterocycles. The number of carbonyl (C=O) groups is 1. The molecule has 0 radical (unpaired) electrons. The number of furan rings is 1. The van der Waals surface area contributed by atoms with Crippen molar-refractivity contribution in [3.8, 4) is 5.75 Å². The van der Waals surface area contributed by atoms with Crippen LogP contribution in [0.1, 0.15) is 18.4 Å². The van der Waals surface area contributed by atoms with Gasteiger partial charge in [-0.3, -0.25) is 14.9 Å². The highest BCUT2D eigenvalue weighted by Crippen LogP contribution is 2.26. The first-order valence-electron chi connectivity index (χ1n) is 6.77. The number of hydrogen-bond acceptors (Lipinski definition) is 6. The highest BCUT2D eigenvalue weighted by atomic mass is 16.6. The molecule has 1 heterocycles. The first-order valence-corrected chi connectivity index (χ1v) is 6.77. The molecule has 1 N–H and O–H groups in total. The molecule has 0 bridgehead atoms. The van der Waals surface area contributed by atoms with Crippen LogP contribution in [-0.4, -0.2) is 23.1 Å². The van der Waals surface area contributed by atoms with Crippen LogP contribution in [0.2, 0.25) is 0 Å². The summed E-state index contributed by atoms with van der Waals surface area (Å²) in [5.74, 6) is 0.703. The fourth-order valence-electron chi connectivity index (χ4n) is 1.72. The first kappa shape index (κ1) is 16.2. The minimum atomic E-state index is -0.952. The number of amides is 1. The van der Waals surface area contributed by atoms with Crippen molar-refractivity contribution in [2.45, 2.75) is 20.0 Å². The maximum absolute atomic E-state index is 11.9. The number of hydrogen-bond donors (Lipinski definition) is 1. The van der Waals surface area contributed by atoms with Crippen LogP contribution in [0, 0.1) is 17.0 Å². The van der Waals surface area contributed by atoms with Gasteiger partial charge in [0.2, 0.25) is 0 Å². The Balaban J connectivity index is 1.95. The lowest BCUT2D eigenvalue weighted by Crippen LogP contribution is -2.33. The summed E-state index contributed by atoms with van der Waals surface area (Å²) in [6.45, 7) is 3.26. The lowest BCUT2D eigenvalue weighted by atomic mass is 10.3. The largest absolute Gasteiger partial charge is 0.474 e. The molecule has 120 valence electrons. The summed E-state index contributed by atoms with van der Waals surface area (Å²) in [5, 5.41) is 14.6. The van der Waals surface area contributed by atoms with Gasteiger partial charge < -0.3 is 9.15 Å². The molecule has 0 aliphatic carbocycles. The molecule has 0 aliphatic rings. The molecule has 1 amide bonds. The van der Waals surface area contributed by atoms with Crippen molar-refractivity contribution in [1.82, 2.24) is 5.43 Å². The van der Waals surface area contributed by atoms with Gasteiger partial charge in [0.1, 0.15) is 11.5 Å². The van der Waals surface area contributed by atoms with E-state index in [0.29, 0.717) is 5.76 Å². The topological polar surface area (TPSA) is 107 Å². The van der Waals surface area contributed by atoms with Gasteiger partial charge in [0.05, 0.1) is 11.1 Å². The fourth-order valence-corrected chi connectivity index (χ4v) is 1.72. The summed E-state index contributed by atoms with van der Waals surface area (Å²) >= 11 is 0. The van der Waals surface area contributed by atoms with E-state index in [1.165, 1.54) is 31.3 Å². The monoisotopic (exact) mass is 317 g/mol. The van der Waals surface area contributed by atoms with Crippen LogP contribution in [0.5, 0.6) is 5.75 Å². The van der Waals surface area contributed by atoms with Crippen molar-refractivity contribution in [2.75, 3.05) is 0 Å². The van der Waals surface area contributed by atoms with E-state index in [1.54, 1.807) is 25.1 Å². The number of nitro benzene ring substituents is 1. The van der Waals surface area contributed by atoms with E-state index in [2.05, 4.69) is 10.5 Å². The second kappa shape index (κ2) is 7.21. The molecule has 23 heavy (non-hydrogen) atoms. The number of rotatable bonds is 6.